The third-order valence-electron chi connectivity index (χ3n) is 2.59. The van der Waals surface area contributed by atoms with E-state index >= 15 is 0 Å². The van der Waals surface area contributed by atoms with Crippen LogP contribution in [-0.4, -0.2) is 17.3 Å². The number of thioether (sulfide) groups is 1. The Kier molecular flexibility index (Phi) is 4.14. The monoisotopic (exact) mass is 260 g/mol. The van der Waals surface area contributed by atoms with Crippen molar-refractivity contribution in [1.82, 2.24) is 0 Å². The zero-order chi connectivity index (χ0) is 13.2. The van der Waals surface area contributed by atoms with Crippen molar-refractivity contribution in [3.63, 3.8) is 0 Å². The molecule has 0 atom stereocenters. The molecule has 0 spiro atoms. The first-order chi connectivity index (χ1) is 7.79. The molecule has 1 aromatic carbocycles. The molecule has 1 aromatic rings. The molecule has 94 valence electrons. The molecule has 0 saturated carbocycles. The lowest BCUT2D eigenvalue weighted by molar-refractivity contribution is -0.138. The van der Waals surface area contributed by atoms with Crippen LogP contribution in [0.25, 0.3) is 0 Å². The Morgan fingerprint density at radius 3 is 2.41 bits per heavy atom. The Morgan fingerprint density at radius 2 is 1.94 bits per heavy atom. The van der Waals surface area contributed by atoms with Crippen molar-refractivity contribution >= 4 is 17.7 Å². The average Bonchev–Trinajstić information content (AvgIpc) is 2.19. The molecule has 0 aliphatic heterocycles. The second-order valence-electron chi connectivity index (χ2n) is 4.40. The lowest BCUT2D eigenvalue weighted by Gasteiger charge is -2.24. The summed E-state index contributed by atoms with van der Waals surface area (Å²) in [5, 5.41) is 8.75. The summed E-state index contributed by atoms with van der Waals surface area (Å²) in [6.45, 7) is 3.16. The molecule has 0 saturated heterocycles. The quantitative estimate of drug-likeness (QED) is 0.843. The van der Waals surface area contributed by atoms with E-state index < -0.39 is 23.0 Å². The van der Waals surface area contributed by atoms with Crippen LogP contribution in [0.5, 0.6) is 0 Å². The molecule has 0 aliphatic rings. The first kappa shape index (κ1) is 14.0. The minimum absolute atomic E-state index is 0.0928. The Balaban J connectivity index is 3.24. The molecule has 0 amide bonds. The van der Waals surface area contributed by atoms with E-state index in [1.54, 1.807) is 20.1 Å². The van der Waals surface area contributed by atoms with Crippen LogP contribution in [0.15, 0.2) is 17.0 Å². The fraction of sp³-hybridized carbons (Fsp3) is 0.417. The smallest absolute Gasteiger partial charge is 0.304 e. The summed E-state index contributed by atoms with van der Waals surface area (Å²) in [5.41, 5.74) is -0.844. The molecule has 0 unspecified atom stereocenters. The summed E-state index contributed by atoms with van der Waals surface area (Å²) < 4.78 is 27.4. The number of hydrogen-bond donors (Lipinski definition) is 1. The predicted molar refractivity (Wildman–Crippen MR) is 63.4 cm³/mol. The lowest BCUT2D eigenvalue weighted by atomic mass is 9.81. The highest BCUT2D eigenvalue weighted by atomic mass is 32.2. The zero-order valence-electron chi connectivity index (χ0n) is 9.88. The van der Waals surface area contributed by atoms with Crippen LogP contribution in [0.3, 0.4) is 0 Å². The van der Waals surface area contributed by atoms with Gasteiger partial charge in [-0.1, -0.05) is 19.9 Å². The fourth-order valence-electron chi connectivity index (χ4n) is 1.69. The highest BCUT2D eigenvalue weighted by Gasteiger charge is 2.29. The van der Waals surface area contributed by atoms with E-state index in [0.717, 1.165) is 11.8 Å². The van der Waals surface area contributed by atoms with Gasteiger partial charge in [0.05, 0.1) is 6.42 Å². The van der Waals surface area contributed by atoms with Crippen molar-refractivity contribution in [1.29, 1.82) is 0 Å². The molecule has 17 heavy (non-hydrogen) atoms. The molecule has 2 nitrogen and oxygen atoms in total. The third-order valence-corrected chi connectivity index (χ3v) is 3.34. The minimum Gasteiger partial charge on any atom is -0.481 e. The van der Waals surface area contributed by atoms with Crippen molar-refractivity contribution in [3.05, 3.63) is 29.3 Å². The number of rotatable bonds is 4. The van der Waals surface area contributed by atoms with E-state index in [4.69, 9.17) is 5.11 Å². The molecule has 0 bridgehead atoms. The van der Waals surface area contributed by atoms with Crippen LogP contribution in [0.1, 0.15) is 25.8 Å². The maximum Gasteiger partial charge on any atom is 0.304 e. The number of carboxylic acids is 1. The van der Waals surface area contributed by atoms with Gasteiger partial charge >= 0.3 is 5.97 Å². The number of hydrogen-bond acceptors (Lipinski definition) is 2. The largest absolute Gasteiger partial charge is 0.481 e. The Hall–Kier alpha value is -1.10. The fourth-order valence-corrected chi connectivity index (χ4v) is 2.16. The molecule has 1 rings (SSSR count). The topological polar surface area (TPSA) is 37.3 Å². The van der Waals surface area contributed by atoms with E-state index in [1.807, 2.05) is 0 Å². The molecule has 0 fully saturated rings. The van der Waals surface area contributed by atoms with Gasteiger partial charge in [-0.15, -0.1) is 11.8 Å². The minimum atomic E-state index is -1.04. The maximum atomic E-state index is 13.8. The average molecular weight is 260 g/mol. The molecule has 0 heterocycles. The van der Waals surface area contributed by atoms with Crippen molar-refractivity contribution < 1.29 is 18.7 Å². The van der Waals surface area contributed by atoms with Crippen molar-refractivity contribution in [2.75, 3.05) is 6.26 Å². The van der Waals surface area contributed by atoms with Gasteiger partial charge in [-0.25, -0.2) is 8.78 Å². The second-order valence-corrected chi connectivity index (χ2v) is 5.25. The van der Waals surface area contributed by atoms with E-state index in [9.17, 15) is 13.6 Å². The van der Waals surface area contributed by atoms with Crippen LogP contribution in [0, 0.1) is 11.6 Å². The number of aliphatic carboxylic acids is 1. The highest BCUT2D eigenvalue weighted by molar-refractivity contribution is 7.98. The SMILES string of the molecule is CSc1ccc(C(C)(C)CC(=O)O)c(F)c1F. The van der Waals surface area contributed by atoms with Crippen LogP contribution >= 0.6 is 11.8 Å². The van der Waals surface area contributed by atoms with Gasteiger partial charge in [0.1, 0.15) is 0 Å². The lowest BCUT2D eigenvalue weighted by Crippen LogP contribution is -2.23. The molecule has 0 aromatic heterocycles. The van der Waals surface area contributed by atoms with Gasteiger partial charge < -0.3 is 5.11 Å². The Morgan fingerprint density at radius 1 is 1.35 bits per heavy atom. The van der Waals surface area contributed by atoms with Crippen LogP contribution in [0.2, 0.25) is 0 Å². The van der Waals surface area contributed by atoms with Gasteiger partial charge in [0.15, 0.2) is 11.6 Å². The van der Waals surface area contributed by atoms with Gasteiger partial charge in [0, 0.05) is 10.3 Å². The predicted octanol–water partition coefficient (Wildman–Crippen LogP) is 3.44. The van der Waals surface area contributed by atoms with Crippen LogP contribution < -0.4 is 0 Å². The summed E-state index contributed by atoms with van der Waals surface area (Å²) in [7, 11) is 0. The zero-order valence-corrected chi connectivity index (χ0v) is 10.7. The van der Waals surface area contributed by atoms with Crippen molar-refractivity contribution in [3.8, 4) is 0 Å². The third kappa shape index (κ3) is 2.97. The summed E-state index contributed by atoms with van der Waals surface area (Å²) in [5.74, 6) is -2.90. The van der Waals surface area contributed by atoms with Crippen LogP contribution in [-0.2, 0) is 10.2 Å². The molecular weight excluding hydrogens is 246 g/mol. The summed E-state index contributed by atoms with van der Waals surface area (Å²) in [4.78, 5) is 10.9. The molecule has 0 aliphatic carbocycles. The van der Waals surface area contributed by atoms with Crippen LogP contribution in [0.4, 0.5) is 8.78 Å². The number of carbonyl (C=O) groups is 1. The summed E-state index contributed by atoms with van der Waals surface area (Å²) >= 11 is 1.11. The van der Waals surface area contributed by atoms with E-state index in [-0.39, 0.29) is 16.9 Å². The van der Waals surface area contributed by atoms with Gasteiger partial charge in [-0.3, -0.25) is 4.79 Å². The van der Waals surface area contributed by atoms with E-state index in [0.29, 0.717) is 0 Å². The Labute approximate surface area is 103 Å². The number of halogens is 2. The molecule has 5 heteroatoms. The van der Waals surface area contributed by atoms with E-state index in [2.05, 4.69) is 0 Å². The number of carboxylic acid groups (broad SMARTS) is 1. The van der Waals surface area contributed by atoms with Crippen molar-refractivity contribution in [2.45, 2.75) is 30.6 Å². The molecule has 1 N–H and O–H groups in total. The highest BCUT2D eigenvalue weighted by Crippen LogP contribution is 2.33. The summed E-state index contributed by atoms with van der Waals surface area (Å²) in [6, 6.07) is 2.93. The van der Waals surface area contributed by atoms with Gasteiger partial charge in [-0.2, -0.15) is 0 Å². The molecular formula is C12H14F2O2S. The van der Waals surface area contributed by atoms with Gasteiger partial charge in [-0.05, 0) is 17.9 Å². The summed E-state index contributed by atoms with van der Waals surface area (Å²) in [6.07, 6.45) is 1.40. The van der Waals surface area contributed by atoms with Gasteiger partial charge in [0.2, 0.25) is 0 Å². The number of benzene rings is 1. The van der Waals surface area contributed by atoms with E-state index in [1.165, 1.54) is 12.1 Å². The first-order valence-electron chi connectivity index (χ1n) is 5.04. The Bertz CT molecular complexity index is 444. The maximum absolute atomic E-state index is 13.8. The normalized spacial score (nSPS) is 11.6. The standard InChI is InChI=1S/C12H14F2O2S/c1-12(2,6-9(15)16)7-4-5-8(17-3)11(14)10(7)13/h4-5H,6H2,1-3H3,(H,15,16). The molecule has 0 radical (unpaired) electrons. The second kappa shape index (κ2) is 5.04. The van der Waals surface area contributed by atoms with Crippen molar-refractivity contribution in [2.24, 2.45) is 0 Å². The first-order valence-corrected chi connectivity index (χ1v) is 6.26. The van der Waals surface area contributed by atoms with Gasteiger partial charge in [0.25, 0.3) is 0 Å².